The Morgan fingerprint density at radius 1 is 0.926 bits per heavy atom. The van der Waals surface area contributed by atoms with Gasteiger partial charge in [0.15, 0.2) is 17.3 Å². The van der Waals surface area contributed by atoms with E-state index < -0.39 is 0 Å². The maximum Gasteiger partial charge on any atom is 0.205 e. The van der Waals surface area contributed by atoms with E-state index in [1.165, 1.54) is 14.2 Å². The molecule has 0 fully saturated rings. The summed E-state index contributed by atoms with van der Waals surface area (Å²) in [7, 11) is 8.53. The minimum Gasteiger partial charge on any atom is -0.493 e. The normalized spacial score (nSPS) is 10.6. The van der Waals surface area contributed by atoms with Gasteiger partial charge in [-0.15, -0.1) is 0 Å². The number of hydrogen-bond acceptors (Lipinski definition) is 6. The van der Waals surface area contributed by atoms with E-state index in [2.05, 4.69) is 4.98 Å². The summed E-state index contributed by atoms with van der Waals surface area (Å²) in [6.45, 7) is 0. The molecule has 2 aromatic carbocycles. The number of fused-ring (bicyclic) bond motifs is 1. The van der Waals surface area contributed by atoms with Crippen molar-refractivity contribution < 1.29 is 19.0 Å². The van der Waals surface area contributed by atoms with E-state index in [0.29, 0.717) is 39.3 Å². The molecule has 0 aliphatic heterocycles. The van der Waals surface area contributed by atoms with Crippen molar-refractivity contribution in [3.05, 3.63) is 53.7 Å². The molecule has 0 unspecified atom stereocenters. The lowest BCUT2D eigenvalue weighted by atomic mass is 9.99. The standard InChI is InChI=1S/C21H22N2O4/c1-23(2)14-8-6-13(7-9-14)19(24)15-10-11-22-18-16(15)12-17(25-3)20(26-4)21(18)27-5/h6-12H,1-5H3. The first kappa shape index (κ1) is 18.5. The van der Waals surface area contributed by atoms with Gasteiger partial charge in [-0.2, -0.15) is 0 Å². The van der Waals surface area contributed by atoms with Crippen LogP contribution in [0, 0.1) is 0 Å². The molecule has 0 bridgehead atoms. The summed E-state index contributed by atoms with van der Waals surface area (Å²) in [5, 5.41) is 0.647. The highest BCUT2D eigenvalue weighted by atomic mass is 16.5. The average Bonchev–Trinajstić information content (AvgIpc) is 2.71. The van der Waals surface area contributed by atoms with Crippen LogP contribution < -0.4 is 19.1 Å². The number of methoxy groups -OCH3 is 3. The molecule has 1 aromatic heterocycles. The largest absolute Gasteiger partial charge is 0.493 e. The molecule has 27 heavy (non-hydrogen) atoms. The van der Waals surface area contributed by atoms with Crippen molar-refractivity contribution in [1.82, 2.24) is 4.98 Å². The lowest BCUT2D eigenvalue weighted by Crippen LogP contribution is -2.09. The summed E-state index contributed by atoms with van der Waals surface area (Å²) < 4.78 is 16.3. The van der Waals surface area contributed by atoms with E-state index in [-0.39, 0.29) is 5.78 Å². The molecule has 0 amide bonds. The molecular weight excluding hydrogens is 344 g/mol. The average molecular weight is 366 g/mol. The molecule has 3 aromatic rings. The van der Waals surface area contributed by atoms with Crippen LogP contribution in [-0.2, 0) is 0 Å². The highest BCUT2D eigenvalue weighted by molar-refractivity contribution is 6.17. The van der Waals surface area contributed by atoms with Crippen LogP contribution in [0.5, 0.6) is 17.2 Å². The first-order valence-electron chi connectivity index (χ1n) is 8.41. The molecule has 0 atom stereocenters. The molecule has 140 valence electrons. The topological polar surface area (TPSA) is 60.9 Å². The predicted octanol–water partition coefficient (Wildman–Crippen LogP) is 3.56. The highest BCUT2D eigenvalue weighted by Gasteiger charge is 2.21. The van der Waals surface area contributed by atoms with Gasteiger partial charge in [-0.25, -0.2) is 0 Å². The highest BCUT2D eigenvalue weighted by Crippen LogP contribution is 2.43. The fourth-order valence-corrected chi connectivity index (χ4v) is 3.02. The third-order valence-electron chi connectivity index (χ3n) is 4.43. The van der Waals surface area contributed by atoms with Crippen LogP contribution >= 0.6 is 0 Å². The summed E-state index contributed by atoms with van der Waals surface area (Å²) in [6, 6.07) is 10.9. The number of benzene rings is 2. The number of nitrogens with zero attached hydrogens (tertiary/aromatic N) is 2. The van der Waals surface area contributed by atoms with Crippen molar-refractivity contribution in [1.29, 1.82) is 0 Å². The molecule has 0 spiro atoms. The van der Waals surface area contributed by atoms with E-state index in [4.69, 9.17) is 14.2 Å². The summed E-state index contributed by atoms with van der Waals surface area (Å²) in [6.07, 6.45) is 1.60. The van der Waals surface area contributed by atoms with Crippen LogP contribution in [0.4, 0.5) is 5.69 Å². The monoisotopic (exact) mass is 366 g/mol. The van der Waals surface area contributed by atoms with Gasteiger partial charge in [0.05, 0.1) is 21.3 Å². The Morgan fingerprint density at radius 2 is 1.59 bits per heavy atom. The first-order chi connectivity index (χ1) is 13.0. The molecule has 0 N–H and O–H groups in total. The number of anilines is 1. The minimum atomic E-state index is -0.0954. The first-order valence-corrected chi connectivity index (χ1v) is 8.41. The van der Waals surface area contributed by atoms with E-state index >= 15 is 0 Å². The Bertz CT molecular complexity index is 982. The predicted molar refractivity (Wildman–Crippen MR) is 106 cm³/mol. The van der Waals surface area contributed by atoms with Gasteiger partial charge in [0.2, 0.25) is 5.75 Å². The molecule has 6 heteroatoms. The quantitative estimate of drug-likeness (QED) is 0.622. The maximum absolute atomic E-state index is 13.1. The van der Waals surface area contributed by atoms with Gasteiger partial charge < -0.3 is 19.1 Å². The molecule has 0 saturated heterocycles. The van der Waals surface area contributed by atoms with Crippen molar-refractivity contribution in [2.24, 2.45) is 0 Å². The zero-order chi connectivity index (χ0) is 19.6. The van der Waals surface area contributed by atoms with E-state index in [0.717, 1.165) is 5.69 Å². The number of hydrogen-bond donors (Lipinski definition) is 0. The van der Waals surface area contributed by atoms with Gasteiger partial charge in [0.1, 0.15) is 5.52 Å². The van der Waals surface area contributed by atoms with Gasteiger partial charge >= 0.3 is 0 Å². The zero-order valence-corrected chi connectivity index (χ0v) is 16.1. The molecule has 0 radical (unpaired) electrons. The second-order valence-corrected chi connectivity index (χ2v) is 6.17. The van der Waals surface area contributed by atoms with Gasteiger partial charge in [-0.05, 0) is 36.4 Å². The summed E-state index contributed by atoms with van der Waals surface area (Å²) in [4.78, 5) is 19.5. The lowest BCUT2D eigenvalue weighted by molar-refractivity contribution is 0.104. The number of rotatable bonds is 6. The number of pyridine rings is 1. The molecule has 0 aliphatic rings. The van der Waals surface area contributed by atoms with E-state index in [1.54, 1.807) is 25.4 Å². The van der Waals surface area contributed by atoms with Crippen molar-refractivity contribution in [2.75, 3.05) is 40.3 Å². The second kappa shape index (κ2) is 7.53. The fourth-order valence-electron chi connectivity index (χ4n) is 3.02. The molecule has 0 aliphatic carbocycles. The number of ketones is 1. The molecule has 3 rings (SSSR count). The Labute approximate surface area is 158 Å². The number of aromatic nitrogens is 1. The Morgan fingerprint density at radius 3 is 2.15 bits per heavy atom. The lowest BCUT2D eigenvalue weighted by Gasteiger charge is -2.16. The van der Waals surface area contributed by atoms with E-state index in [1.807, 2.05) is 43.3 Å². The van der Waals surface area contributed by atoms with E-state index in [9.17, 15) is 4.79 Å². The van der Waals surface area contributed by atoms with Gasteiger partial charge in [-0.1, -0.05) is 0 Å². The Balaban J connectivity index is 2.18. The maximum atomic E-state index is 13.1. The van der Waals surface area contributed by atoms with Gasteiger partial charge in [0, 0.05) is 42.5 Å². The third-order valence-corrected chi connectivity index (χ3v) is 4.43. The molecular formula is C21H22N2O4. The van der Waals surface area contributed by atoms with Crippen LogP contribution in [0.3, 0.4) is 0 Å². The van der Waals surface area contributed by atoms with Crippen LogP contribution in [0.15, 0.2) is 42.6 Å². The van der Waals surface area contributed by atoms with Crippen molar-refractivity contribution in [3.63, 3.8) is 0 Å². The second-order valence-electron chi connectivity index (χ2n) is 6.17. The SMILES string of the molecule is COc1cc2c(C(=O)c3ccc(N(C)C)cc3)ccnc2c(OC)c1OC. The number of ether oxygens (including phenoxy) is 3. The van der Waals surface area contributed by atoms with Crippen molar-refractivity contribution in [2.45, 2.75) is 0 Å². The van der Waals surface area contributed by atoms with Crippen LogP contribution in [-0.4, -0.2) is 46.2 Å². The molecule has 6 nitrogen and oxygen atoms in total. The third kappa shape index (κ3) is 3.26. The minimum absolute atomic E-state index is 0.0954. The van der Waals surface area contributed by atoms with Crippen LogP contribution in [0.2, 0.25) is 0 Å². The molecule has 1 heterocycles. The Kier molecular flexibility index (Phi) is 5.16. The van der Waals surface area contributed by atoms with Crippen LogP contribution in [0.25, 0.3) is 10.9 Å². The number of carbonyl (C=O) groups is 1. The Hall–Kier alpha value is -3.28. The van der Waals surface area contributed by atoms with Crippen LogP contribution in [0.1, 0.15) is 15.9 Å². The zero-order valence-electron chi connectivity index (χ0n) is 16.1. The van der Waals surface area contributed by atoms with Crippen molar-refractivity contribution >= 4 is 22.4 Å². The summed E-state index contributed by atoms with van der Waals surface area (Å²) in [5.74, 6) is 1.26. The fraction of sp³-hybridized carbons (Fsp3) is 0.238. The van der Waals surface area contributed by atoms with Gasteiger partial charge in [0.25, 0.3) is 0 Å². The smallest absolute Gasteiger partial charge is 0.205 e. The summed E-state index contributed by atoms with van der Waals surface area (Å²) >= 11 is 0. The van der Waals surface area contributed by atoms with Gasteiger partial charge in [-0.3, -0.25) is 9.78 Å². The summed E-state index contributed by atoms with van der Waals surface area (Å²) in [5.41, 5.74) is 2.70. The van der Waals surface area contributed by atoms with Crippen molar-refractivity contribution in [3.8, 4) is 17.2 Å². The molecule has 0 saturated carbocycles. The number of carbonyl (C=O) groups excluding carboxylic acids is 1.